The minimum atomic E-state index is -3.39. The van der Waals surface area contributed by atoms with Crippen molar-refractivity contribution >= 4 is 10.0 Å². The molecule has 0 spiro atoms. The van der Waals surface area contributed by atoms with Crippen LogP contribution < -0.4 is 0 Å². The van der Waals surface area contributed by atoms with Gasteiger partial charge in [0.15, 0.2) is 0 Å². The minimum Gasteiger partial charge on any atom is -0.271 e. The summed E-state index contributed by atoms with van der Waals surface area (Å²) < 4.78 is 28.6. The van der Waals surface area contributed by atoms with Gasteiger partial charge in [-0.05, 0) is 32.6 Å². The molecule has 2 heterocycles. The first-order chi connectivity index (χ1) is 8.34. The number of piperidine rings is 1. The number of nitrogens with zero attached hydrogens (tertiary/aromatic N) is 3. The zero-order valence-corrected chi connectivity index (χ0v) is 12.3. The second-order valence-electron chi connectivity index (χ2n) is 5.23. The number of aromatic nitrogens is 2. The van der Waals surface area contributed by atoms with Gasteiger partial charge in [0, 0.05) is 20.1 Å². The third-order valence-electron chi connectivity index (χ3n) is 3.66. The van der Waals surface area contributed by atoms with Gasteiger partial charge in [0.1, 0.15) is 4.90 Å². The van der Waals surface area contributed by atoms with E-state index in [1.165, 1.54) is 0 Å². The molecule has 5 nitrogen and oxygen atoms in total. The standard InChI is InChI=1S/C12H21N3O2S/c1-9-6-5-7-15(8-9)18(16,17)12-10(2)13-14(4)11(12)3/h9H,5-8H2,1-4H3. The highest BCUT2D eigenvalue weighted by Crippen LogP contribution is 2.27. The van der Waals surface area contributed by atoms with Crippen molar-refractivity contribution < 1.29 is 8.42 Å². The minimum absolute atomic E-state index is 0.388. The van der Waals surface area contributed by atoms with E-state index in [2.05, 4.69) is 12.0 Å². The molecule has 0 bridgehead atoms. The maximum absolute atomic E-state index is 12.7. The second-order valence-corrected chi connectivity index (χ2v) is 7.11. The number of hydrogen-bond acceptors (Lipinski definition) is 3. The summed E-state index contributed by atoms with van der Waals surface area (Å²) >= 11 is 0. The average molecular weight is 271 g/mol. The smallest absolute Gasteiger partial charge is 0.246 e. The monoisotopic (exact) mass is 271 g/mol. The Kier molecular flexibility index (Phi) is 3.51. The summed E-state index contributed by atoms with van der Waals surface area (Å²) in [6, 6.07) is 0. The fourth-order valence-electron chi connectivity index (χ4n) is 2.62. The molecule has 1 aromatic rings. The van der Waals surface area contributed by atoms with Crippen molar-refractivity contribution in [2.24, 2.45) is 13.0 Å². The van der Waals surface area contributed by atoms with E-state index in [0.717, 1.165) is 12.8 Å². The first kappa shape index (κ1) is 13.5. The van der Waals surface area contributed by atoms with Gasteiger partial charge in [-0.15, -0.1) is 0 Å². The molecule has 0 radical (unpaired) electrons. The van der Waals surface area contributed by atoms with Gasteiger partial charge in [0.05, 0.1) is 11.4 Å². The summed E-state index contributed by atoms with van der Waals surface area (Å²) in [4.78, 5) is 0.388. The molecule has 1 fully saturated rings. The van der Waals surface area contributed by atoms with Crippen molar-refractivity contribution in [1.82, 2.24) is 14.1 Å². The first-order valence-electron chi connectivity index (χ1n) is 6.34. The molecule has 1 aromatic heterocycles. The van der Waals surface area contributed by atoms with Crippen LogP contribution in [0.5, 0.6) is 0 Å². The first-order valence-corrected chi connectivity index (χ1v) is 7.78. The predicted molar refractivity (Wildman–Crippen MR) is 69.8 cm³/mol. The van der Waals surface area contributed by atoms with Crippen LogP contribution in [0.25, 0.3) is 0 Å². The molecule has 102 valence electrons. The third-order valence-corrected chi connectivity index (χ3v) is 5.78. The van der Waals surface area contributed by atoms with Crippen molar-refractivity contribution in [3.8, 4) is 0 Å². The summed E-state index contributed by atoms with van der Waals surface area (Å²) in [6.07, 6.45) is 2.05. The number of hydrogen-bond donors (Lipinski definition) is 0. The molecular weight excluding hydrogens is 250 g/mol. The molecule has 0 saturated carbocycles. The van der Waals surface area contributed by atoms with E-state index >= 15 is 0 Å². The maximum Gasteiger partial charge on any atom is 0.246 e. The molecule has 1 aliphatic rings. The molecule has 1 atom stereocenters. The van der Waals surface area contributed by atoms with Gasteiger partial charge in [-0.25, -0.2) is 8.42 Å². The average Bonchev–Trinajstić information content (AvgIpc) is 2.53. The van der Waals surface area contributed by atoms with Gasteiger partial charge in [0.25, 0.3) is 0 Å². The lowest BCUT2D eigenvalue weighted by atomic mass is 10.0. The van der Waals surface area contributed by atoms with Gasteiger partial charge < -0.3 is 0 Å². The zero-order valence-electron chi connectivity index (χ0n) is 11.5. The molecule has 0 aromatic carbocycles. The van der Waals surface area contributed by atoms with Gasteiger partial charge in [-0.1, -0.05) is 6.92 Å². The molecule has 1 saturated heterocycles. The van der Waals surface area contributed by atoms with Crippen LogP contribution in [0.3, 0.4) is 0 Å². The summed E-state index contributed by atoms with van der Waals surface area (Å²) in [5.41, 5.74) is 1.30. The Labute approximate surface area is 109 Å². The van der Waals surface area contributed by atoms with Crippen molar-refractivity contribution in [3.05, 3.63) is 11.4 Å². The molecule has 2 rings (SSSR count). The molecule has 0 N–H and O–H groups in total. The van der Waals surface area contributed by atoms with Gasteiger partial charge in [0.2, 0.25) is 10.0 Å². The summed E-state index contributed by atoms with van der Waals surface area (Å²) in [5.74, 6) is 0.436. The largest absolute Gasteiger partial charge is 0.271 e. The molecule has 6 heteroatoms. The summed E-state index contributed by atoms with van der Waals surface area (Å²) in [7, 11) is -1.61. The normalized spacial score (nSPS) is 22.3. The Bertz CT molecular complexity index is 548. The molecule has 1 aliphatic heterocycles. The van der Waals surface area contributed by atoms with Gasteiger partial charge in [-0.2, -0.15) is 9.40 Å². The van der Waals surface area contributed by atoms with E-state index in [0.29, 0.717) is 35.3 Å². The van der Waals surface area contributed by atoms with E-state index in [1.807, 2.05) is 0 Å². The van der Waals surface area contributed by atoms with E-state index in [9.17, 15) is 8.42 Å². The van der Waals surface area contributed by atoms with Crippen LogP contribution in [-0.4, -0.2) is 35.6 Å². The Morgan fingerprint density at radius 2 is 2.00 bits per heavy atom. The predicted octanol–water partition coefficient (Wildman–Crippen LogP) is 1.46. The Hall–Kier alpha value is -0.880. The molecular formula is C12H21N3O2S. The lowest BCUT2D eigenvalue weighted by molar-refractivity contribution is 0.281. The van der Waals surface area contributed by atoms with Crippen LogP contribution in [0.15, 0.2) is 4.90 Å². The van der Waals surface area contributed by atoms with Crippen LogP contribution in [0, 0.1) is 19.8 Å². The van der Waals surface area contributed by atoms with E-state index in [1.54, 1.807) is 29.9 Å². The highest BCUT2D eigenvalue weighted by atomic mass is 32.2. The Morgan fingerprint density at radius 3 is 2.50 bits per heavy atom. The van der Waals surface area contributed by atoms with Gasteiger partial charge in [-0.3, -0.25) is 4.68 Å². The fourth-order valence-corrected chi connectivity index (χ4v) is 4.62. The third kappa shape index (κ3) is 2.19. The van der Waals surface area contributed by atoms with Crippen LogP contribution >= 0.6 is 0 Å². The van der Waals surface area contributed by atoms with Crippen molar-refractivity contribution in [2.45, 2.75) is 38.5 Å². The van der Waals surface area contributed by atoms with Crippen LogP contribution in [0.4, 0.5) is 0 Å². The van der Waals surface area contributed by atoms with Crippen LogP contribution in [-0.2, 0) is 17.1 Å². The highest BCUT2D eigenvalue weighted by molar-refractivity contribution is 7.89. The van der Waals surface area contributed by atoms with Crippen molar-refractivity contribution in [3.63, 3.8) is 0 Å². The lowest BCUT2D eigenvalue weighted by Gasteiger charge is -2.30. The zero-order chi connectivity index (χ0) is 13.5. The van der Waals surface area contributed by atoms with E-state index < -0.39 is 10.0 Å². The van der Waals surface area contributed by atoms with Crippen LogP contribution in [0.2, 0.25) is 0 Å². The fraction of sp³-hybridized carbons (Fsp3) is 0.750. The van der Waals surface area contributed by atoms with Crippen LogP contribution in [0.1, 0.15) is 31.2 Å². The number of aryl methyl sites for hydroxylation is 2. The Balaban J connectivity index is 2.42. The Morgan fingerprint density at radius 1 is 1.33 bits per heavy atom. The summed E-state index contributed by atoms with van der Waals surface area (Å²) in [5, 5.41) is 4.20. The molecule has 1 unspecified atom stereocenters. The van der Waals surface area contributed by atoms with Gasteiger partial charge >= 0.3 is 0 Å². The van der Waals surface area contributed by atoms with E-state index in [4.69, 9.17) is 0 Å². The SMILES string of the molecule is Cc1nn(C)c(C)c1S(=O)(=O)N1CCCC(C)C1. The molecule has 0 aliphatic carbocycles. The maximum atomic E-state index is 12.7. The second kappa shape index (κ2) is 4.66. The summed E-state index contributed by atoms with van der Waals surface area (Å²) in [6.45, 7) is 6.91. The van der Waals surface area contributed by atoms with E-state index in [-0.39, 0.29) is 0 Å². The molecule has 0 amide bonds. The topological polar surface area (TPSA) is 55.2 Å². The number of rotatable bonds is 2. The van der Waals surface area contributed by atoms with Crippen molar-refractivity contribution in [1.29, 1.82) is 0 Å². The lowest BCUT2D eigenvalue weighted by Crippen LogP contribution is -2.39. The van der Waals surface area contributed by atoms with Crippen molar-refractivity contribution in [2.75, 3.05) is 13.1 Å². The number of sulfonamides is 1. The highest BCUT2D eigenvalue weighted by Gasteiger charge is 2.32. The molecule has 18 heavy (non-hydrogen) atoms. The quantitative estimate of drug-likeness (QED) is 0.818.